The molecule has 2 heterocycles. The first-order valence-electron chi connectivity index (χ1n) is 11.0. The van der Waals surface area contributed by atoms with Crippen LogP contribution in [0.1, 0.15) is 42.6 Å². The summed E-state index contributed by atoms with van der Waals surface area (Å²) < 4.78 is 31.7. The number of sulfonamides is 1. The number of carbonyl (C=O) groups is 3. The van der Waals surface area contributed by atoms with E-state index in [1.165, 1.54) is 36.0 Å². The molecule has 0 spiro atoms. The fraction of sp³-hybridized carbons (Fsp3) is 0.375. The topological polar surface area (TPSA) is 104 Å². The van der Waals surface area contributed by atoms with Crippen LogP contribution in [0.15, 0.2) is 53.4 Å². The maximum atomic E-state index is 13.6. The summed E-state index contributed by atoms with van der Waals surface area (Å²) in [4.78, 5) is 42.9. The van der Waals surface area contributed by atoms with Crippen molar-refractivity contribution in [1.82, 2.24) is 9.21 Å². The van der Waals surface area contributed by atoms with Crippen LogP contribution in [0, 0.1) is 0 Å². The van der Waals surface area contributed by atoms with Crippen molar-refractivity contribution in [2.24, 2.45) is 0 Å². The van der Waals surface area contributed by atoms with E-state index in [4.69, 9.17) is 4.74 Å². The molecule has 2 amide bonds. The minimum Gasteiger partial charge on any atom is -0.458 e. The average Bonchev–Trinajstić information content (AvgIpc) is 3.15. The van der Waals surface area contributed by atoms with Crippen LogP contribution < -0.4 is 4.90 Å². The number of amides is 2. The van der Waals surface area contributed by atoms with Crippen molar-refractivity contribution in [3.05, 3.63) is 59.7 Å². The molecule has 180 valence electrons. The lowest BCUT2D eigenvalue weighted by molar-refractivity contribution is -0.159. The Hall–Kier alpha value is -3.24. The summed E-state index contributed by atoms with van der Waals surface area (Å²) in [6.07, 6.45) is 0.203. The van der Waals surface area contributed by atoms with Gasteiger partial charge in [0.2, 0.25) is 21.6 Å². The Kier molecular flexibility index (Phi) is 5.99. The number of para-hydroxylation sites is 1. The highest BCUT2D eigenvalue weighted by atomic mass is 32.2. The number of carbonyl (C=O) groups excluding carboxylic acids is 3. The fourth-order valence-corrected chi connectivity index (χ4v) is 5.62. The van der Waals surface area contributed by atoms with Gasteiger partial charge in [0.05, 0.1) is 16.1 Å². The molecule has 4 rings (SSSR count). The molecule has 1 atom stereocenters. The molecular weight excluding hydrogens is 458 g/mol. The second kappa shape index (κ2) is 8.52. The van der Waals surface area contributed by atoms with Crippen molar-refractivity contribution in [2.45, 2.75) is 49.9 Å². The smallest absolute Gasteiger partial charge is 0.354 e. The molecule has 2 aliphatic rings. The van der Waals surface area contributed by atoms with Crippen molar-refractivity contribution in [2.75, 3.05) is 19.0 Å². The summed E-state index contributed by atoms with van der Waals surface area (Å²) in [7, 11) is -0.783. The van der Waals surface area contributed by atoms with Gasteiger partial charge in [0.25, 0.3) is 5.91 Å². The molecule has 0 aliphatic carbocycles. The molecule has 0 N–H and O–H groups in total. The first kappa shape index (κ1) is 23.9. The van der Waals surface area contributed by atoms with Gasteiger partial charge in [-0.3, -0.25) is 14.5 Å². The van der Waals surface area contributed by atoms with Crippen LogP contribution in [0.3, 0.4) is 0 Å². The molecule has 34 heavy (non-hydrogen) atoms. The van der Waals surface area contributed by atoms with Crippen LogP contribution in [0.4, 0.5) is 5.69 Å². The van der Waals surface area contributed by atoms with Crippen LogP contribution in [0.25, 0.3) is 0 Å². The van der Waals surface area contributed by atoms with E-state index in [2.05, 4.69) is 0 Å². The van der Waals surface area contributed by atoms with Crippen LogP contribution >= 0.6 is 0 Å². The molecule has 1 saturated heterocycles. The first-order valence-corrected chi connectivity index (χ1v) is 12.4. The Morgan fingerprint density at radius 3 is 2.50 bits per heavy atom. The largest absolute Gasteiger partial charge is 0.458 e. The van der Waals surface area contributed by atoms with E-state index >= 15 is 0 Å². The van der Waals surface area contributed by atoms with Crippen LogP contribution in [0.2, 0.25) is 0 Å². The number of rotatable bonds is 6. The molecule has 10 heteroatoms. The summed E-state index contributed by atoms with van der Waals surface area (Å²) in [5, 5.41) is 0. The standard InChI is InChI=1S/C24H27N3O6S/c1-16(2)26-22(29)19-10-5-6-11-20(19)27-21(28)12-13-24(26,27)23(30)33-15-17-8-7-9-18(14-17)34(31,32)25(3)4/h5-11,14,16H,12-13,15H2,1-4H3. The van der Waals surface area contributed by atoms with Gasteiger partial charge in [-0.05, 0) is 43.7 Å². The van der Waals surface area contributed by atoms with E-state index in [9.17, 15) is 22.8 Å². The summed E-state index contributed by atoms with van der Waals surface area (Å²) in [5.74, 6) is -1.33. The number of anilines is 1. The van der Waals surface area contributed by atoms with Crippen molar-refractivity contribution in [1.29, 1.82) is 0 Å². The molecular formula is C24H27N3O6S. The van der Waals surface area contributed by atoms with E-state index < -0.39 is 21.7 Å². The van der Waals surface area contributed by atoms with Gasteiger partial charge >= 0.3 is 5.97 Å². The Labute approximate surface area is 198 Å². The third-order valence-electron chi connectivity index (χ3n) is 6.19. The van der Waals surface area contributed by atoms with E-state index in [1.54, 1.807) is 50.2 Å². The second-order valence-corrected chi connectivity index (χ2v) is 11.0. The SMILES string of the molecule is CC(C)N1C(=O)c2ccccc2N2C(=O)CCC21C(=O)OCc1cccc(S(=O)(=O)N(C)C)c1. The molecule has 9 nitrogen and oxygen atoms in total. The lowest BCUT2D eigenvalue weighted by Crippen LogP contribution is -2.70. The molecule has 2 aromatic rings. The molecule has 0 radical (unpaired) electrons. The van der Waals surface area contributed by atoms with E-state index in [0.29, 0.717) is 16.8 Å². The van der Waals surface area contributed by atoms with Crippen molar-refractivity contribution >= 4 is 33.5 Å². The predicted octanol–water partition coefficient (Wildman–Crippen LogP) is 2.37. The van der Waals surface area contributed by atoms with Gasteiger partial charge in [0.1, 0.15) is 6.61 Å². The lowest BCUT2D eigenvalue weighted by atomic mass is 9.95. The van der Waals surface area contributed by atoms with Crippen molar-refractivity contribution in [3.8, 4) is 0 Å². The number of esters is 1. The minimum atomic E-state index is -3.65. The summed E-state index contributed by atoms with van der Waals surface area (Å²) in [6.45, 7) is 3.37. The molecule has 1 unspecified atom stereocenters. The van der Waals surface area contributed by atoms with Gasteiger partial charge in [0, 0.05) is 33.0 Å². The maximum absolute atomic E-state index is 13.6. The number of ether oxygens (including phenoxy) is 1. The highest BCUT2D eigenvalue weighted by Crippen LogP contribution is 2.46. The Bertz CT molecular complexity index is 1270. The number of benzene rings is 2. The van der Waals surface area contributed by atoms with Gasteiger partial charge in [0.15, 0.2) is 0 Å². The average molecular weight is 486 g/mol. The Morgan fingerprint density at radius 2 is 1.82 bits per heavy atom. The first-order chi connectivity index (χ1) is 16.0. The number of hydrogen-bond acceptors (Lipinski definition) is 6. The highest BCUT2D eigenvalue weighted by Gasteiger charge is 2.62. The zero-order valence-electron chi connectivity index (χ0n) is 19.5. The van der Waals surface area contributed by atoms with E-state index in [1.807, 2.05) is 0 Å². The zero-order valence-corrected chi connectivity index (χ0v) is 20.3. The number of hydrogen-bond donors (Lipinski definition) is 0. The second-order valence-electron chi connectivity index (χ2n) is 8.84. The quantitative estimate of drug-likeness (QED) is 0.582. The third kappa shape index (κ3) is 3.57. The van der Waals surface area contributed by atoms with Gasteiger partial charge < -0.3 is 9.64 Å². The highest BCUT2D eigenvalue weighted by molar-refractivity contribution is 7.89. The molecule has 0 saturated carbocycles. The van der Waals surface area contributed by atoms with Crippen LogP contribution in [-0.4, -0.2) is 61.2 Å². The zero-order chi connectivity index (χ0) is 24.8. The minimum absolute atomic E-state index is 0.0764. The summed E-state index contributed by atoms with van der Waals surface area (Å²) in [5.41, 5.74) is -0.370. The molecule has 2 aromatic carbocycles. The van der Waals surface area contributed by atoms with Gasteiger partial charge in [-0.25, -0.2) is 17.5 Å². The Morgan fingerprint density at radius 1 is 1.12 bits per heavy atom. The van der Waals surface area contributed by atoms with Crippen LogP contribution in [-0.2, 0) is 31.0 Å². The maximum Gasteiger partial charge on any atom is 0.354 e. The number of fused-ring (bicyclic) bond motifs is 3. The van der Waals surface area contributed by atoms with Gasteiger partial charge in [-0.1, -0.05) is 24.3 Å². The van der Waals surface area contributed by atoms with Crippen molar-refractivity contribution in [3.63, 3.8) is 0 Å². The molecule has 1 fully saturated rings. The van der Waals surface area contributed by atoms with Crippen molar-refractivity contribution < 1.29 is 27.5 Å². The Balaban J connectivity index is 1.70. The molecule has 2 aliphatic heterocycles. The molecule has 0 bridgehead atoms. The predicted molar refractivity (Wildman–Crippen MR) is 124 cm³/mol. The number of nitrogens with zero attached hydrogens (tertiary/aromatic N) is 3. The fourth-order valence-electron chi connectivity index (χ4n) is 4.64. The van der Waals surface area contributed by atoms with Crippen LogP contribution in [0.5, 0.6) is 0 Å². The van der Waals surface area contributed by atoms with E-state index in [0.717, 1.165) is 4.31 Å². The monoisotopic (exact) mass is 485 g/mol. The summed E-state index contributed by atoms with van der Waals surface area (Å²) in [6, 6.07) is 12.5. The normalized spacial score (nSPS) is 20.1. The van der Waals surface area contributed by atoms with Gasteiger partial charge in [-0.15, -0.1) is 0 Å². The lowest BCUT2D eigenvalue weighted by Gasteiger charge is -2.50. The van der Waals surface area contributed by atoms with Gasteiger partial charge in [-0.2, -0.15) is 0 Å². The summed E-state index contributed by atoms with van der Waals surface area (Å²) >= 11 is 0. The third-order valence-corrected chi connectivity index (χ3v) is 8.00. The van der Waals surface area contributed by atoms with E-state index in [-0.39, 0.29) is 42.2 Å². The molecule has 0 aromatic heterocycles.